The van der Waals surface area contributed by atoms with Gasteiger partial charge in [-0.2, -0.15) is 0 Å². The summed E-state index contributed by atoms with van der Waals surface area (Å²) in [5.41, 5.74) is 0. The first-order valence-electron chi connectivity index (χ1n) is 0.772. The van der Waals surface area contributed by atoms with E-state index in [0.29, 0.717) is 0 Å². The van der Waals surface area contributed by atoms with Crippen LogP contribution in [0.15, 0.2) is 0 Å². The molecule has 0 nitrogen and oxygen atoms in total. The molecular weight excluding hydrogens is 594 g/mol. The molecule has 0 saturated heterocycles. The third-order valence-electron chi connectivity index (χ3n) is 0. The predicted octanol–water partition coefficient (Wildman–Crippen LogP) is 5.13. The largest absolute Gasteiger partial charge is 0 e. The molecule has 0 unspecified atom stereocenters. The van der Waals surface area contributed by atoms with Crippen LogP contribution < -0.4 is 0 Å². The molecule has 0 radical (unpaired) electrons. The summed E-state index contributed by atoms with van der Waals surface area (Å²) in [4.78, 5) is 0. The fraction of sp³-hybridized carbons (Fsp3) is 0. The number of hydrogen-bond donors (Lipinski definition) is 0. The molecule has 0 N–H and O–H groups in total. The van der Waals surface area contributed by atoms with Crippen LogP contribution in [0.2, 0.25) is 0 Å². The molecule has 0 fully saturated rings. The van der Waals surface area contributed by atoms with Crippen molar-refractivity contribution in [3.05, 3.63) is 0 Å². The molecule has 0 atom stereocenters. The molecule has 77 valence electrons. The van der Waals surface area contributed by atoms with Crippen molar-refractivity contribution in [2.75, 3.05) is 0 Å². The molecule has 0 aromatic heterocycles. The van der Waals surface area contributed by atoms with Crippen LogP contribution in [0.4, 0.5) is 0 Å². The van der Waals surface area contributed by atoms with E-state index in [2.05, 4.69) is 0 Å². The zero-order valence-corrected chi connectivity index (χ0v) is 17.1. The Bertz CT molecular complexity index is 42.7. The van der Waals surface area contributed by atoms with Crippen LogP contribution in [0.1, 0.15) is 0 Å². The molecule has 0 aliphatic carbocycles. The van der Waals surface area contributed by atoms with Gasteiger partial charge >= 0.3 is 56.7 Å². The van der Waals surface area contributed by atoms with Crippen LogP contribution >= 0.6 is 96.7 Å². The van der Waals surface area contributed by atoms with Crippen molar-refractivity contribution in [2.24, 2.45) is 0 Å². The van der Waals surface area contributed by atoms with Gasteiger partial charge in [0, 0.05) is 25.8 Å². The van der Waals surface area contributed by atoms with Crippen LogP contribution in [0.3, 0.4) is 0 Å². The van der Waals surface area contributed by atoms with E-state index in [1.54, 1.807) is 0 Å². The Morgan fingerprint density at radius 3 is 0.545 bits per heavy atom. The maximum absolute atomic E-state index is 5.04. The van der Waals surface area contributed by atoms with Gasteiger partial charge in [-0.3, -0.25) is 0 Å². The van der Waals surface area contributed by atoms with E-state index in [4.69, 9.17) is 47.1 Å². The number of halogens is 9. The maximum Gasteiger partial charge on any atom is 0 e. The fourth-order valence-corrected chi connectivity index (χ4v) is 0. The zero-order chi connectivity index (χ0) is 5.45. The maximum atomic E-state index is 5.04. The quantitative estimate of drug-likeness (QED) is 0.340. The Hall–Kier alpha value is 4.17. The molecule has 0 rings (SSSR count). The fourth-order valence-electron chi connectivity index (χ4n) is 0. The average molecular weight is 598 g/mol. The predicted molar refractivity (Wildman–Crippen MR) is 58.3 cm³/mol. The Morgan fingerprint density at radius 2 is 0.545 bits per heavy atom. The Kier molecular flexibility index (Phi) is 40.3. The third-order valence-corrected chi connectivity index (χ3v) is 0. The van der Waals surface area contributed by atoms with Crippen molar-refractivity contribution in [1.82, 2.24) is 0 Å². The summed E-state index contributed by atoms with van der Waals surface area (Å²) in [6.07, 6.45) is 0. The van der Waals surface area contributed by atoms with Crippen LogP contribution in [-0.2, 0) is 35.4 Å². The second kappa shape index (κ2) is 12.2. The van der Waals surface area contributed by atoms with Crippen molar-refractivity contribution in [3.8, 4) is 0 Å². The molecule has 0 spiro atoms. The summed E-state index contributed by atoms with van der Waals surface area (Å²) in [6, 6.07) is 0. The van der Waals surface area contributed by atoms with E-state index in [0.717, 1.165) is 0 Å². The summed E-state index contributed by atoms with van der Waals surface area (Å²) < 4.78 is 0. The van der Waals surface area contributed by atoms with Crippen molar-refractivity contribution < 1.29 is 35.4 Å². The smallest absolute Gasteiger partial charge is 0 e. The summed E-state index contributed by atoms with van der Waals surface area (Å²) in [5.74, 6) is 0. The van der Waals surface area contributed by atoms with E-state index < -0.39 is 9.60 Å². The minimum Gasteiger partial charge on any atom is 0 e. The average Bonchev–Trinajstić information content (AvgIpc) is 0.650. The van der Waals surface area contributed by atoms with E-state index in [1.807, 2.05) is 0 Å². The molecule has 0 aliphatic heterocycles. The van der Waals surface area contributed by atoms with E-state index in [-0.39, 0.29) is 75.5 Å². The topological polar surface area (TPSA) is 0 Å². The second-order valence-corrected chi connectivity index (χ2v) is 31.1. The molecule has 11 heavy (non-hydrogen) atoms. The molecule has 0 bridgehead atoms. The SMILES string of the molecule is Cl.Cl.Cl.Cl.[Cl][Mo]([Cl])([Cl])([Cl])[Cl].[Hf]. The minimum atomic E-state index is -4.26. The van der Waals surface area contributed by atoms with E-state index in [1.165, 1.54) is 0 Å². The molecule has 0 aromatic carbocycles. The molecule has 0 aliphatic rings. The van der Waals surface area contributed by atoms with Gasteiger partial charge < -0.3 is 0 Å². The van der Waals surface area contributed by atoms with Gasteiger partial charge in [-0.05, 0) is 0 Å². The molecule has 11 heteroatoms. The first-order chi connectivity index (χ1) is 2.24. The standard InChI is InChI=1S/9ClH.Hf.Mo/h9*1H;;/q;;;;;;;;;;+5/p-5. The van der Waals surface area contributed by atoms with Gasteiger partial charge in [0.1, 0.15) is 0 Å². The Labute approximate surface area is 130 Å². The minimum absolute atomic E-state index is 0. The molecular formula is H4Cl9HfMo. The number of rotatable bonds is 0. The van der Waals surface area contributed by atoms with Gasteiger partial charge in [-0.25, -0.2) is 0 Å². The Balaban J connectivity index is -0.0000000125. The molecule has 0 aromatic rings. The summed E-state index contributed by atoms with van der Waals surface area (Å²) in [7, 11) is 20.9. The van der Waals surface area contributed by atoms with Gasteiger partial charge in [0.15, 0.2) is 0 Å². The van der Waals surface area contributed by atoms with Gasteiger partial charge in [0.2, 0.25) is 0 Å². The van der Waals surface area contributed by atoms with Crippen LogP contribution in [-0.4, -0.2) is 0 Å². The van der Waals surface area contributed by atoms with Crippen LogP contribution in [0.25, 0.3) is 0 Å². The van der Waals surface area contributed by atoms with Gasteiger partial charge in [0.05, 0.1) is 0 Å². The summed E-state index contributed by atoms with van der Waals surface area (Å²) in [6.45, 7) is 0. The summed E-state index contributed by atoms with van der Waals surface area (Å²) >= 11 is 0. The molecule has 0 amide bonds. The number of hydrogen-bond acceptors (Lipinski definition) is 0. The van der Waals surface area contributed by atoms with Crippen molar-refractivity contribution in [3.63, 3.8) is 0 Å². The molecule has 0 saturated carbocycles. The molecule has 0 heterocycles. The normalized spacial score (nSPS) is 10.5. The van der Waals surface area contributed by atoms with Gasteiger partial charge in [0.25, 0.3) is 0 Å². The monoisotopic (exact) mass is 597 g/mol. The van der Waals surface area contributed by atoms with Crippen molar-refractivity contribution in [1.29, 1.82) is 0 Å². The first kappa shape index (κ1) is 36.2. The Morgan fingerprint density at radius 1 is 0.545 bits per heavy atom. The first-order valence-corrected chi connectivity index (χ1v) is 13.7. The summed E-state index contributed by atoms with van der Waals surface area (Å²) in [5, 5.41) is 0. The van der Waals surface area contributed by atoms with Crippen molar-refractivity contribution >= 4 is 96.7 Å². The van der Waals surface area contributed by atoms with Crippen LogP contribution in [0.5, 0.6) is 0 Å². The van der Waals surface area contributed by atoms with Crippen molar-refractivity contribution in [2.45, 2.75) is 0 Å². The van der Waals surface area contributed by atoms with Gasteiger partial charge in [-0.15, -0.1) is 49.6 Å². The zero-order valence-electron chi connectivity index (χ0n) is 4.43. The second-order valence-electron chi connectivity index (χ2n) is 0.583. The van der Waals surface area contributed by atoms with E-state index in [9.17, 15) is 0 Å². The van der Waals surface area contributed by atoms with E-state index >= 15 is 0 Å². The van der Waals surface area contributed by atoms with Crippen LogP contribution in [0, 0.1) is 0 Å². The third kappa shape index (κ3) is 121. The van der Waals surface area contributed by atoms with Gasteiger partial charge in [-0.1, -0.05) is 0 Å².